The molecule has 23 heavy (non-hydrogen) atoms. The van der Waals surface area contributed by atoms with Crippen molar-refractivity contribution in [1.82, 2.24) is 4.90 Å². The second-order valence-corrected chi connectivity index (χ2v) is 9.21. The Bertz CT molecular complexity index is 598. The first-order chi connectivity index (χ1) is 10.9. The average molecular weight is 315 g/mol. The number of piperidine rings is 1. The van der Waals surface area contributed by atoms with Crippen LogP contribution in [0, 0.1) is 34.5 Å². The molecular weight excluding hydrogens is 290 g/mol. The summed E-state index contributed by atoms with van der Waals surface area (Å²) in [6.07, 6.45) is 7.48. The third-order valence-electron chi connectivity index (χ3n) is 7.51. The Hall–Kier alpha value is -1.12. The number of nitriles is 1. The summed E-state index contributed by atoms with van der Waals surface area (Å²) in [4.78, 5) is 14.9. The van der Waals surface area contributed by atoms with E-state index in [4.69, 9.17) is 5.73 Å². The Morgan fingerprint density at radius 2 is 1.91 bits per heavy atom. The average Bonchev–Trinajstić information content (AvgIpc) is 3.14. The van der Waals surface area contributed by atoms with Gasteiger partial charge in [-0.15, -0.1) is 0 Å². The maximum absolute atomic E-state index is 13.1. The van der Waals surface area contributed by atoms with Crippen molar-refractivity contribution in [2.45, 2.75) is 75.1 Å². The van der Waals surface area contributed by atoms with Crippen LogP contribution in [0.2, 0.25) is 0 Å². The highest BCUT2D eigenvalue weighted by atomic mass is 16.3. The van der Waals surface area contributed by atoms with Crippen molar-refractivity contribution < 1.29 is 9.90 Å². The topological polar surface area (TPSA) is 90.4 Å². The van der Waals surface area contributed by atoms with Crippen LogP contribution in [-0.2, 0) is 4.79 Å². The molecule has 6 aliphatic rings. The highest BCUT2D eigenvalue weighted by Gasteiger charge is 2.62. The van der Waals surface area contributed by atoms with Crippen molar-refractivity contribution in [2.75, 3.05) is 0 Å². The SMILES string of the molecule is N#C[C@@H]1C[C@@H]2C[C@@H]2N1C(=O)C(N)C12C[C@@H]3C[C@@H](CC(O)(C3)C1)C2. The molecule has 1 amide bonds. The summed E-state index contributed by atoms with van der Waals surface area (Å²) in [7, 11) is 0. The van der Waals surface area contributed by atoms with Gasteiger partial charge in [-0.05, 0) is 74.5 Å². The maximum Gasteiger partial charge on any atom is 0.241 e. The van der Waals surface area contributed by atoms with E-state index in [0.29, 0.717) is 24.2 Å². The number of nitrogens with two attached hydrogens (primary N) is 1. The van der Waals surface area contributed by atoms with Gasteiger partial charge < -0.3 is 15.7 Å². The van der Waals surface area contributed by atoms with Crippen molar-refractivity contribution in [3.63, 3.8) is 0 Å². The maximum atomic E-state index is 13.1. The predicted octanol–water partition coefficient (Wildman–Crippen LogP) is 1.16. The Kier molecular flexibility index (Phi) is 2.65. The third-order valence-corrected chi connectivity index (χ3v) is 7.51. The van der Waals surface area contributed by atoms with Gasteiger partial charge in [0.25, 0.3) is 0 Å². The fourth-order valence-electron chi connectivity index (χ4n) is 6.96. The van der Waals surface area contributed by atoms with Crippen LogP contribution >= 0.6 is 0 Å². The minimum Gasteiger partial charge on any atom is -0.390 e. The van der Waals surface area contributed by atoms with E-state index >= 15 is 0 Å². The largest absolute Gasteiger partial charge is 0.390 e. The smallest absolute Gasteiger partial charge is 0.241 e. The molecule has 4 bridgehead atoms. The molecule has 8 atom stereocenters. The molecular formula is C18H25N3O2. The second kappa shape index (κ2) is 4.29. The summed E-state index contributed by atoms with van der Waals surface area (Å²) in [6, 6.07) is 1.72. The number of hydrogen-bond donors (Lipinski definition) is 2. The Morgan fingerprint density at radius 1 is 1.22 bits per heavy atom. The molecule has 124 valence electrons. The molecule has 0 spiro atoms. The number of aliphatic hydroxyl groups is 1. The summed E-state index contributed by atoms with van der Waals surface area (Å²) >= 11 is 0. The molecule has 6 rings (SSSR count). The number of carbonyl (C=O) groups is 1. The molecule has 1 aliphatic heterocycles. The van der Waals surface area contributed by atoms with Crippen LogP contribution in [0.1, 0.15) is 51.4 Å². The quantitative estimate of drug-likeness (QED) is 0.800. The predicted molar refractivity (Wildman–Crippen MR) is 82.8 cm³/mol. The molecule has 5 aliphatic carbocycles. The summed E-state index contributed by atoms with van der Waals surface area (Å²) in [5, 5.41) is 20.2. The van der Waals surface area contributed by atoms with Gasteiger partial charge in [0.1, 0.15) is 6.04 Å². The van der Waals surface area contributed by atoms with Crippen LogP contribution in [-0.4, -0.2) is 39.6 Å². The number of fused-ring (bicyclic) bond motifs is 1. The highest BCUT2D eigenvalue weighted by Crippen LogP contribution is 2.63. The van der Waals surface area contributed by atoms with Crippen LogP contribution in [0.25, 0.3) is 0 Å². The van der Waals surface area contributed by atoms with Gasteiger partial charge in [0.2, 0.25) is 5.91 Å². The molecule has 0 aromatic heterocycles. The van der Waals surface area contributed by atoms with E-state index in [1.165, 1.54) is 6.42 Å². The van der Waals surface area contributed by atoms with Crippen molar-refractivity contribution in [1.29, 1.82) is 5.26 Å². The number of rotatable bonds is 2. The molecule has 3 unspecified atom stereocenters. The molecule has 1 saturated heterocycles. The first-order valence-corrected chi connectivity index (χ1v) is 9.13. The second-order valence-electron chi connectivity index (χ2n) is 9.21. The lowest BCUT2D eigenvalue weighted by Gasteiger charge is -2.61. The van der Waals surface area contributed by atoms with E-state index in [2.05, 4.69) is 6.07 Å². The number of nitrogens with zero attached hydrogens (tertiary/aromatic N) is 2. The van der Waals surface area contributed by atoms with Gasteiger partial charge in [-0.1, -0.05) is 0 Å². The summed E-state index contributed by atoms with van der Waals surface area (Å²) in [6.45, 7) is 0. The lowest BCUT2D eigenvalue weighted by Crippen LogP contribution is -2.64. The van der Waals surface area contributed by atoms with Gasteiger partial charge in [0, 0.05) is 6.04 Å². The summed E-state index contributed by atoms with van der Waals surface area (Å²) < 4.78 is 0. The minimum absolute atomic E-state index is 0.0212. The molecule has 0 aromatic carbocycles. The molecule has 3 N–H and O–H groups in total. The van der Waals surface area contributed by atoms with Gasteiger partial charge in [-0.2, -0.15) is 5.26 Å². The third kappa shape index (κ3) is 1.88. The molecule has 5 saturated carbocycles. The van der Waals surface area contributed by atoms with Crippen molar-refractivity contribution >= 4 is 5.91 Å². The van der Waals surface area contributed by atoms with Gasteiger partial charge in [-0.25, -0.2) is 0 Å². The van der Waals surface area contributed by atoms with Crippen LogP contribution in [0.3, 0.4) is 0 Å². The Balaban J connectivity index is 1.43. The zero-order valence-corrected chi connectivity index (χ0v) is 13.4. The molecule has 5 heteroatoms. The van der Waals surface area contributed by atoms with E-state index < -0.39 is 11.6 Å². The minimum atomic E-state index is -0.594. The fourth-order valence-corrected chi connectivity index (χ4v) is 6.96. The Labute approximate surface area is 136 Å². The number of likely N-dealkylation sites (tertiary alicyclic amines) is 1. The van der Waals surface area contributed by atoms with Crippen LogP contribution in [0.4, 0.5) is 0 Å². The number of carbonyl (C=O) groups excluding carboxylic acids is 1. The first kappa shape index (κ1) is 14.2. The molecule has 6 fully saturated rings. The van der Waals surface area contributed by atoms with E-state index in [0.717, 1.165) is 38.5 Å². The number of hydrogen-bond acceptors (Lipinski definition) is 4. The van der Waals surface area contributed by atoms with Crippen LogP contribution in [0.15, 0.2) is 0 Å². The molecule has 5 nitrogen and oxygen atoms in total. The van der Waals surface area contributed by atoms with Gasteiger partial charge >= 0.3 is 0 Å². The van der Waals surface area contributed by atoms with Crippen LogP contribution < -0.4 is 5.73 Å². The molecule has 1 heterocycles. The van der Waals surface area contributed by atoms with Gasteiger partial charge in [0.15, 0.2) is 0 Å². The summed E-state index contributed by atoms with van der Waals surface area (Å²) in [5.41, 5.74) is 5.71. The van der Waals surface area contributed by atoms with Gasteiger partial charge in [0.05, 0.1) is 17.7 Å². The van der Waals surface area contributed by atoms with E-state index in [1.807, 2.05) is 0 Å². The van der Waals surface area contributed by atoms with E-state index in [1.54, 1.807) is 4.90 Å². The van der Waals surface area contributed by atoms with Gasteiger partial charge in [-0.3, -0.25) is 4.79 Å². The standard InChI is InChI=1S/C18H25N3O2/c19-8-13-2-12-3-14(12)21(13)16(22)15(20)17-4-10-1-11(5-17)7-18(23,6-10)9-17/h10-15,23H,1-7,9,20H2/t10-,11+,12-,13+,14+,15?,17?,18?/m1/s1. The first-order valence-electron chi connectivity index (χ1n) is 9.13. The fraction of sp³-hybridized carbons (Fsp3) is 0.889. The lowest BCUT2D eigenvalue weighted by molar-refractivity contribution is -0.177. The van der Waals surface area contributed by atoms with Crippen molar-refractivity contribution in [2.24, 2.45) is 28.9 Å². The van der Waals surface area contributed by atoms with Crippen molar-refractivity contribution in [3.05, 3.63) is 0 Å². The normalized spacial score (nSPS) is 53.8. The highest BCUT2D eigenvalue weighted by molar-refractivity contribution is 5.84. The molecule has 0 radical (unpaired) electrons. The molecule has 0 aromatic rings. The van der Waals surface area contributed by atoms with E-state index in [-0.39, 0.29) is 23.4 Å². The summed E-state index contributed by atoms with van der Waals surface area (Å²) in [5.74, 6) is 1.56. The van der Waals surface area contributed by atoms with Crippen LogP contribution in [0.5, 0.6) is 0 Å². The lowest BCUT2D eigenvalue weighted by atomic mass is 9.46. The zero-order valence-electron chi connectivity index (χ0n) is 13.4. The monoisotopic (exact) mass is 315 g/mol. The zero-order chi connectivity index (χ0) is 16.0. The van der Waals surface area contributed by atoms with E-state index in [9.17, 15) is 15.2 Å². The van der Waals surface area contributed by atoms with Crippen molar-refractivity contribution in [3.8, 4) is 6.07 Å². The number of amides is 1. The Morgan fingerprint density at radius 3 is 2.52 bits per heavy atom.